The average molecular weight is 206 g/mol. The second-order valence-electron chi connectivity index (χ2n) is 3.31. The Bertz CT molecular complexity index is 369. The van der Waals surface area contributed by atoms with E-state index >= 15 is 0 Å². The van der Waals surface area contributed by atoms with E-state index in [1.54, 1.807) is 24.3 Å². The van der Waals surface area contributed by atoms with Crippen molar-refractivity contribution in [1.82, 2.24) is 0 Å². The molecule has 0 heterocycles. The van der Waals surface area contributed by atoms with Crippen LogP contribution in [0.1, 0.15) is 37.0 Å². The number of ether oxygens (including phenoxy) is 1. The Labute approximate surface area is 89.1 Å². The minimum absolute atomic E-state index is 0.0385. The third-order valence-corrected chi connectivity index (χ3v) is 1.93. The van der Waals surface area contributed by atoms with E-state index in [0.29, 0.717) is 17.7 Å². The zero-order valence-electron chi connectivity index (χ0n) is 8.95. The van der Waals surface area contributed by atoms with E-state index in [0.717, 1.165) is 6.42 Å². The fraction of sp³-hybridized carbons (Fsp3) is 0.333. The van der Waals surface area contributed by atoms with Crippen LogP contribution >= 0.6 is 0 Å². The van der Waals surface area contributed by atoms with Crippen LogP contribution in [-0.4, -0.2) is 11.8 Å². The highest BCUT2D eigenvalue weighted by Gasteiger charge is 2.05. The van der Waals surface area contributed by atoms with Crippen molar-refractivity contribution in [2.45, 2.75) is 26.7 Å². The minimum atomic E-state index is -0.266. The normalized spacial score (nSPS) is 9.73. The molecule has 0 bridgehead atoms. The zero-order chi connectivity index (χ0) is 11.3. The number of hydrogen-bond donors (Lipinski definition) is 0. The number of benzene rings is 1. The lowest BCUT2D eigenvalue weighted by molar-refractivity contribution is -0.134. The molecule has 0 spiro atoms. The summed E-state index contributed by atoms with van der Waals surface area (Å²) in [6, 6.07) is 6.64. The summed E-state index contributed by atoms with van der Waals surface area (Å²) in [5.41, 5.74) is 0.553. The van der Waals surface area contributed by atoms with Crippen LogP contribution in [0.3, 0.4) is 0 Å². The Morgan fingerprint density at radius 2 is 2.07 bits per heavy atom. The molecule has 1 aromatic rings. The summed E-state index contributed by atoms with van der Waals surface area (Å²) in [5.74, 6) is 0.128. The van der Waals surface area contributed by atoms with E-state index in [-0.39, 0.29) is 11.8 Å². The molecule has 0 fully saturated rings. The molecule has 0 saturated heterocycles. The molecule has 80 valence electrons. The summed E-state index contributed by atoms with van der Waals surface area (Å²) in [4.78, 5) is 22.3. The molecule has 0 aromatic heterocycles. The van der Waals surface area contributed by atoms with Crippen molar-refractivity contribution < 1.29 is 14.3 Å². The minimum Gasteiger partial charge on any atom is -0.427 e. The van der Waals surface area contributed by atoms with Crippen LogP contribution in [-0.2, 0) is 4.79 Å². The number of rotatable bonds is 4. The molecule has 0 N–H and O–H groups in total. The van der Waals surface area contributed by atoms with E-state index < -0.39 is 0 Å². The van der Waals surface area contributed by atoms with Crippen LogP contribution in [0.15, 0.2) is 24.3 Å². The molecule has 1 aromatic carbocycles. The fourth-order valence-corrected chi connectivity index (χ4v) is 1.17. The molecule has 0 atom stereocenters. The van der Waals surface area contributed by atoms with Crippen LogP contribution in [0.25, 0.3) is 0 Å². The topological polar surface area (TPSA) is 43.4 Å². The zero-order valence-corrected chi connectivity index (χ0v) is 8.95. The van der Waals surface area contributed by atoms with Crippen LogP contribution < -0.4 is 4.74 Å². The molecule has 3 heteroatoms. The van der Waals surface area contributed by atoms with Gasteiger partial charge in [0.2, 0.25) is 0 Å². The van der Waals surface area contributed by atoms with Gasteiger partial charge in [0.1, 0.15) is 5.75 Å². The lowest BCUT2D eigenvalue weighted by atomic mass is 10.1. The molecular formula is C12H14O3. The summed E-state index contributed by atoms with van der Waals surface area (Å²) in [5, 5.41) is 0. The van der Waals surface area contributed by atoms with Gasteiger partial charge in [-0.05, 0) is 25.5 Å². The third-order valence-electron chi connectivity index (χ3n) is 1.93. The Kier molecular flexibility index (Phi) is 4.03. The van der Waals surface area contributed by atoms with Gasteiger partial charge >= 0.3 is 5.97 Å². The maximum absolute atomic E-state index is 11.2. The van der Waals surface area contributed by atoms with E-state index in [1.807, 2.05) is 6.92 Å². The number of carbonyl (C=O) groups is 2. The summed E-state index contributed by atoms with van der Waals surface area (Å²) < 4.78 is 5.05. The Morgan fingerprint density at radius 1 is 1.33 bits per heavy atom. The van der Waals surface area contributed by atoms with Crippen LogP contribution in [0.5, 0.6) is 5.75 Å². The van der Waals surface area contributed by atoms with E-state index in [9.17, 15) is 9.59 Å². The highest BCUT2D eigenvalue weighted by atomic mass is 16.5. The van der Waals surface area contributed by atoms with Gasteiger partial charge in [0.15, 0.2) is 5.78 Å². The number of esters is 1. The van der Waals surface area contributed by atoms with Gasteiger partial charge in [0, 0.05) is 12.0 Å². The molecule has 1 rings (SSSR count). The first-order valence-electron chi connectivity index (χ1n) is 4.95. The first-order chi connectivity index (χ1) is 7.13. The van der Waals surface area contributed by atoms with E-state index in [1.165, 1.54) is 6.92 Å². The first-order valence-corrected chi connectivity index (χ1v) is 4.95. The lowest BCUT2D eigenvalue weighted by Crippen LogP contribution is -2.07. The molecule has 0 saturated carbocycles. The van der Waals surface area contributed by atoms with Crippen molar-refractivity contribution in [1.29, 1.82) is 0 Å². The maximum atomic E-state index is 11.2. The number of carbonyl (C=O) groups excluding carboxylic acids is 2. The molecule has 0 radical (unpaired) electrons. The van der Waals surface area contributed by atoms with Crippen molar-refractivity contribution in [2.24, 2.45) is 0 Å². The first kappa shape index (κ1) is 11.4. The highest BCUT2D eigenvalue weighted by molar-refractivity contribution is 5.94. The number of ketones is 1. The molecule has 0 amide bonds. The SMILES string of the molecule is CCCC(=O)Oc1cccc(C(C)=O)c1. The fourth-order valence-electron chi connectivity index (χ4n) is 1.17. The predicted octanol–water partition coefficient (Wildman–Crippen LogP) is 2.59. The van der Waals surface area contributed by atoms with Gasteiger partial charge in [-0.2, -0.15) is 0 Å². The van der Waals surface area contributed by atoms with E-state index in [2.05, 4.69) is 0 Å². The lowest BCUT2D eigenvalue weighted by Gasteiger charge is -2.04. The second-order valence-corrected chi connectivity index (χ2v) is 3.31. The average Bonchev–Trinajstić information content (AvgIpc) is 2.18. The second kappa shape index (κ2) is 5.29. The molecule has 0 aliphatic rings. The van der Waals surface area contributed by atoms with Gasteiger partial charge in [-0.25, -0.2) is 0 Å². The molecule has 0 aliphatic heterocycles. The van der Waals surface area contributed by atoms with Gasteiger partial charge in [-0.3, -0.25) is 9.59 Å². The Hall–Kier alpha value is -1.64. The summed E-state index contributed by atoms with van der Waals surface area (Å²) in [6.07, 6.45) is 1.15. The Balaban J connectivity index is 2.73. The van der Waals surface area contributed by atoms with Crippen LogP contribution in [0.4, 0.5) is 0 Å². The molecule has 0 aliphatic carbocycles. The monoisotopic (exact) mass is 206 g/mol. The maximum Gasteiger partial charge on any atom is 0.311 e. The quantitative estimate of drug-likeness (QED) is 0.432. The van der Waals surface area contributed by atoms with Crippen molar-refractivity contribution in [3.05, 3.63) is 29.8 Å². The van der Waals surface area contributed by atoms with Crippen molar-refractivity contribution in [3.8, 4) is 5.75 Å². The molecule has 0 unspecified atom stereocenters. The summed E-state index contributed by atoms with van der Waals surface area (Å²) in [7, 11) is 0. The van der Waals surface area contributed by atoms with Gasteiger partial charge in [-0.15, -0.1) is 0 Å². The van der Waals surface area contributed by atoms with Crippen molar-refractivity contribution in [3.63, 3.8) is 0 Å². The largest absolute Gasteiger partial charge is 0.427 e. The van der Waals surface area contributed by atoms with Gasteiger partial charge in [0.25, 0.3) is 0 Å². The van der Waals surface area contributed by atoms with E-state index in [4.69, 9.17) is 4.74 Å². The number of Topliss-reactive ketones (excluding diaryl/α,β-unsaturated/α-hetero) is 1. The van der Waals surface area contributed by atoms with Crippen LogP contribution in [0.2, 0.25) is 0 Å². The smallest absolute Gasteiger partial charge is 0.311 e. The van der Waals surface area contributed by atoms with Gasteiger partial charge < -0.3 is 4.74 Å². The predicted molar refractivity (Wildman–Crippen MR) is 57.0 cm³/mol. The molecule has 3 nitrogen and oxygen atoms in total. The summed E-state index contributed by atoms with van der Waals surface area (Å²) in [6.45, 7) is 3.39. The van der Waals surface area contributed by atoms with Gasteiger partial charge in [0.05, 0.1) is 0 Å². The van der Waals surface area contributed by atoms with Crippen LogP contribution in [0, 0.1) is 0 Å². The molecular weight excluding hydrogens is 192 g/mol. The number of hydrogen-bond acceptors (Lipinski definition) is 3. The standard InChI is InChI=1S/C12H14O3/c1-3-5-12(14)15-11-7-4-6-10(8-11)9(2)13/h4,6-8H,3,5H2,1-2H3. The summed E-state index contributed by atoms with van der Waals surface area (Å²) >= 11 is 0. The van der Waals surface area contributed by atoms with Crippen molar-refractivity contribution in [2.75, 3.05) is 0 Å². The highest BCUT2D eigenvalue weighted by Crippen LogP contribution is 2.14. The third kappa shape index (κ3) is 3.54. The van der Waals surface area contributed by atoms with Gasteiger partial charge in [-0.1, -0.05) is 19.1 Å². The molecule has 15 heavy (non-hydrogen) atoms. The van der Waals surface area contributed by atoms with Crippen molar-refractivity contribution >= 4 is 11.8 Å². The Morgan fingerprint density at radius 3 is 2.67 bits per heavy atom.